The summed E-state index contributed by atoms with van der Waals surface area (Å²) in [4.78, 5) is 0. The van der Waals surface area contributed by atoms with E-state index in [9.17, 15) is 0 Å². The Labute approximate surface area is 187 Å². The zero-order valence-electron chi connectivity index (χ0n) is 20.7. The molecule has 3 rings (SSSR count). The Morgan fingerprint density at radius 1 is 0.690 bits per heavy atom. The molecule has 1 fully saturated rings. The second-order valence-corrected chi connectivity index (χ2v) is 37.5. The SMILES string of the molecule is CC(C)O.CC(C)O.C[Si](C)(C)C1=CC[C]([Hf]2([C]3=CC([Si](C)(C)C)=CC3)[CH2][CH2]2)=C1. The van der Waals surface area contributed by atoms with Crippen molar-refractivity contribution >= 4 is 16.1 Å². The van der Waals surface area contributed by atoms with Gasteiger partial charge < -0.3 is 10.2 Å². The van der Waals surface area contributed by atoms with Crippen molar-refractivity contribution in [3.05, 3.63) is 41.4 Å². The van der Waals surface area contributed by atoms with E-state index in [0.717, 1.165) is 0 Å². The third-order valence-electron chi connectivity index (χ3n) is 5.45. The predicted molar refractivity (Wildman–Crippen MR) is 133 cm³/mol. The Bertz CT molecular complexity index is 621. The third-order valence-corrected chi connectivity index (χ3v) is 26.3. The Morgan fingerprint density at radius 3 is 1.14 bits per heavy atom. The van der Waals surface area contributed by atoms with E-state index in [2.05, 4.69) is 63.6 Å². The molecule has 0 atom stereocenters. The number of rotatable bonds is 4. The molecule has 29 heavy (non-hydrogen) atoms. The second-order valence-electron chi connectivity index (χ2n) is 11.3. The molecule has 3 aliphatic rings. The molecule has 0 amide bonds. The predicted octanol–water partition coefficient (Wildman–Crippen LogP) is 6.95. The van der Waals surface area contributed by atoms with Gasteiger partial charge in [-0.2, -0.15) is 0 Å². The Hall–Kier alpha value is 0.184. The van der Waals surface area contributed by atoms with E-state index in [1.54, 1.807) is 46.4 Å². The van der Waals surface area contributed by atoms with Crippen LogP contribution in [0.5, 0.6) is 0 Å². The van der Waals surface area contributed by atoms with Gasteiger partial charge in [0.2, 0.25) is 0 Å². The van der Waals surface area contributed by atoms with Gasteiger partial charge in [0.15, 0.2) is 0 Å². The molecule has 2 nitrogen and oxygen atoms in total. The van der Waals surface area contributed by atoms with Crippen LogP contribution >= 0.6 is 0 Å². The summed E-state index contributed by atoms with van der Waals surface area (Å²) >= 11 is -2.15. The molecule has 1 aliphatic heterocycles. The van der Waals surface area contributed by atoms with E-state index in [-0.39, 0.29) is 12.2 Å². The van der Waals surface area contributed by atoms with Crippen LogP contribution in [0.25, 0.3) is 0 Å². The number of aliphatic hydroxyl groups is 2. The van der Waals surface area contributed by atoms with Crippen molar-refractivity contribution in [1.82, 2.24) is 0 Å². The van der Waals surface area contributed by atoms with Crippen LogP contribution in [0.4, 0.5) is 0 Å². The van der Waals surface area contributed by atoms with Gasteiger partial charge in [0.25, 0.3) is 0 Å². The first kappa shape index (κ1) is 27.2. The van der Waals surface area contributed by atoms with Crippen LogP contribution in [0, 0.1) is 0 Å². The summed E-state index contributed by atoms with van der Waals surface area (Å²) in [6, 6.07) is 0. The number of allylic oxidation sites excluding steroid dienone is 8. The average Bonchev–Trinajstić information content (AvgIpc) is 2.99. The average molecular weight is 601 g/mol. The molecule has 0 aromatic carbocycles. The van der Waals surface area contributed by atoms with Crippen molar-refractivity contribution in [2.75, 3.05) is 0 Å². The van der Waals surface area contributed by atoms with Crippen molar-refractivity contribution in [3.63, 3.8) is 0 Å². The zero-order valence-corrected chi connectivity index (χ0v) is 26.3. The van der Waals surface area contributed by atoms with Gasteiger partial charge in [-0.05, 0) is 27.7 Å². The van der Waals surface area contributed by atoms with Crippen LogP contribution in [0.15, 0.2) is 41.4 Å². The van der Waals surface area contributed by atoms with E-state index in [1.165, 1.54) is 12.8 Å². The molecular weight excluding hydrogens is 555 g/mol. The van der Waals surface area contributed by atoms with E-state index >= 15 is 0 Å². The van der Waals surface area contributed by atoms with Gasteiger partial charge in [-0.3, -0.25) is 0 Å². The molecule has 0 radical (unpaired) electrons. The van der Waals surface area contributed by atoms with Crippen molar-refractivity contribution in [2.24, 2.45) is 0 Å². The molecule has 0 aromatic rings. The minimum atomic E-state index is -2.15. The normalized spacial score (nSPS) is 20.2. The fourth-order valence-electron chi connectivity index (χ4n) is 3.74. The Morgan fingerprint density at radius 2 is 0.966 bits per heavy atom. The van der Waals surface area contributed by atoms with E-state index in [1.807, 2.05) is 6.66 Å². The first-order valence-electron chi connectivity index (χ1n) is 11.3. The van der Waals surface area contributed by atoms with Crippen molar-refractivity contribution in [2.45, 2.75) is 100 Å². The zero-order chi connectivity index (χ0) is 22.6. The molecule has 5 heteroatoms. The standard InChI is InChI=1S/2C8H13Si.2C3H8O.C2H4.Hf/c2*1-9(2,3)8-6-4-5-7-8;2*1-3(2)4;1-2;/h2*6-7H,4H2,1-3H3;2*3-4H,1-2H3;1-2H2;. The van der Waals surface area contributed by atoms with Crippen molar-refractivity contribution in [3.8, 4) is 0 Å². The van der Waals surface area contributed by atoms with Crippen LogP contribution in [-0.4, -0.2) is 38.6 Å². The summed E-state index contributed by atoms with van der Waals surface area (Å²) in [5.41, 5.74) is 0. The Balaban J connectivity index is 0.000000452. The summed E-state index contributed by atoms with van der Waals surface area (Å²) in [5, 5.41) is 19.6. The molecule has 2 aliphatic carbocycles. The van der Waals surface area contributed by atoms with Crippen LogP contribution in [-0.2, 0) is 20.0 Å². The van der Waals surface area contributed by atoms with E-state index in [4.69, 9.17) is 10.2 Å². The second kappa shape index (κ2) is 10.7. The van der Waals surface area contributed by atoms with Crippen LogP contribution in [0.2, 0.25) is 47.6 Å². The van der Waals surface area contributed by atoms with Crippen molar-refractivity contribution in [1.29, 1.82) is 0 Å². The monoisotopic (exact) mass is 602 g/mol. The van der Waals surface area contributed by atoms with Gasteiger partial charge in [-0.1, -0.05) is 0 Å². The molecule has 0 bridgehead atoms. The molecule has 0 spiro atoms. The fourth-order valence-corrected chi connectivity index (χ4v) is 28.4. The topological polar surface area (TPSA) is 40.5 Å². The number of aliphatic hydroxyl groups excluding tert-OH is 2. The third kappa shape index (κ3) is 8.68. The van der Waals surface area contributed by atoms with Gasteiger partial charge in [0.05, 0.1) is 0 Å². The summed E-state index contributed by atoms with van der Waals surface area (Å²) in [5.74, 6) is 0. The Kier molecular flexibility index (Phi) is 10.0. The summed E-state index contributed by atoms with van der Waals surface area (Å²) in [6.07, 6.45) is 12.9. The van der Waals surface area contributed by atoms with Gasteiger partial charge in [-0.15, -0.1) is 0 Å². The molecule has 1 heterocycles. The minimum absolute atomic E-state index is 0.167. The van der Waals surface area contributed by atoms with Gasteiger partial charge in [0.1, 0.15) is 0 Å². The first-order valence-corrected chi connectivity index (χ1v) is 27.0. The maximum absolute atomic E-state index is 8.06. The van der Waals surface area contributed by atoms with E-state index < -0.39 is 36.1 Å². The number of hydrogen-bond acceptors (Lipinski definition) is 2. The molecule has 2 N–H and O–H groups in total. The molecule has 1 saturated heterocycles. The molecule has 166 valence electrons. The quantitative estimate of drug-likeness (QED) is 0.343. The first-order chi connectivity index (χ1) is 13.1. The number of hydrogen-bond donors (Lipinski definition) is 2. The fraction of sp³-hybridized carbons (Fsp3) is 0.667. The van der Waals surface area contributed by atoms with Gasteiger partial charge >= 0.3 is 138 Å². The molecule has 0 unspecified atom stereocenters. The van der Waals surface area contributed by atoms with Crippen LogP contribution < -0.4 is 0 Å². The maximum atomic E-state index is 8.06. The molecular formula is C24H46HfO2Si2. The molecule has 0 aromatic heterocycles. The van der Waals surface area contributed by atoms with Crippen molar-refractivity contribution < 1.29 is 30.2 Å². The van der Waals surface area contributed by atoms with E-state index in [0.29, 0.717) is 0 Å². The van der Waals surface area contributed by atoms with Gasteiger partial charge in [0, 0.05) is 12.2 Å². The summed E-state index contributed by atoms with van der Waals surface area (Å²) in [7, 11) is -2.21. The van der Waals surface area contributed by atoms with Crippen LogP contribution in [0.1, 0.15) is 40.5 Å². The van der Waals surface area contributed by atoms with Crippen LogP contribution in [0.3, 0.4) is 0 Å². The van der Waals surface area contributed by atoms with Gasteiger partial charge in [-0.25, -0.2) is 0 Å². The summed E-state index contributed by atoms with van der Waals surface area (Å²) in [6.45, 7) is 21.9. The summed E-state index contributed by atoms with van der Waals surface area (Å²) < 4.78 is 7.14. The molecule has 0 saturated carbocycles.